The number of ether oxygens (including phenoxy) is 1. The number of ketones is 1. The van der Waals surface area contributed by atoms with E-state index in [9.17, 15) is 19.2 Å². The van der Waals surface area contributed by atoms with Gasteiger partial charge in [0.15, 0.2) is 12.4 Å². The molecule has 33 heavy (non-hydrogen) atoms. The maximum Gasteiger partial charge on any atom is 0.306 e. The molecule has 1 aliphatic carbocycles. The van der Waals surface area contributed by atoms with Crippen LogP contribution >= 0.6 is 0 Å². The second kappa shape index (κ2) is 11.4. The van der Waals surface area contributed by atoms with Crippen LogP contribution in [0, 0.1) is 13.8 Å². The van der Waals surface area contributed by atoms with E-state index in [0.29, 0.717) is 16.8 Å². The van der Waals surface area contributed by atoms with Crippen molar-refractivity contribution in [1.82, 2.24) is 5.32 Å². The van der Waals surface area contributed by atoms with Crippen LogP contribution in [0.5, 0.6) is 0 Å². The Bertz CT molecular complexity index is 1040. The quantitative estimate of drug-likeness (QED) is 0.442. The van der Waals surface area contributed by atoms with Crippen LogP contribution in [0.2, 0.25) is 0 Å². The zero-order chi connectivity index (χ0) is 23.8. The van der Waals surface area contributed by atoms with E-state index in [2.05, 4.69) is 10.6 Å². The lowest BCUT2D eigenvalue weighted by molar-refractivity contribution is -0.147. The van der Waals surface area contributed by atoms with Crippen molar-refractivity contribution in [3.05, 3.63) is 64.7 Å². The van der Waals surface area contributed by atoms with Gasteiger partial charge >= 0.3 is 5.97 Å². The normalized spacial score (nSPS) is 13.4. The van der Waals surface area contributed by atoms with Gasteiger partial charge in [-0.25, -0.2) is 0 Å². The molecule has 2 N–H and O–H groups in total. The second-order valence-corrected chi connectivity index (χ2v) is 8.45. The summed E-state index contributed by atoms with van der Waals surface area (Å²) in [5.74, 6) is -1.55. The molecule has 0 unspecified atom stereocenters. The maximum atomic E-state index is 12.6. The topological polar surface area (TPSA) is 102 Å². The van der Waals surface area contributed by atoms with Crippen LogP contribution < -0.4 is 10.6 Å². The molecular formula is C26H30N2O5. The Morgan fingerprint density at radius 2 is 1.67 bits per heavy atom. The highest BCUT2D eigenvalue weighted by atomic mass is 16.5. The predicted molar refractivity (Wildman–Crippen MR) is 125 cm³/mol. The number of hydrogen-bond donors (Lipinski definition) is 2. The Labute approximate surface area is 193 Å². The van der Waals surface area contributed by atoms with Crippen LogP contribution in [0.1, 0.15) is 70.4 Å². The largest absolute Gasteiger partial charge is 0.456 e. The van der Waals surface area contributed by atoms with Gasteiger partial charge in [-0.05, 0) is 50.5 Å². The van der Waals surface area contributed by atoms with Crippen LogP contribution in [0.4, 0.5) is 5.69 Å². The standard InChI is InChI=1S/C26H30N2O5/c1-17-11-12-18(2)21(15-17)23(29)13-14-25(31)33-16-24(30)28-22-10-6-5-9-20(22)26(32)27-19-7-3-4-8-19/h5-6,9-12,15,19H,3-4,7-8,13-14,16H2,1-2H3,(H,27,32)(H,28,30). The molecule has 0 bridgehead atoms. The molecule has 0 radical (unpaired) electrons. The molecule has 2 aromatic rings. The summed E-state index contributed by atoms with van der Waals surface area (Å²) in [6.07, 6.45) is 4.02. The minimum atomic E-state index is -0.629. The van der Waals surface area contributed by atoms with Crippen molar-refractivity contribution in [3.63, 3.8) is 0 Å². The minimum Gasteiger partial charge on any atom is -0.456 e. The number of benzene rings is 2. The highest BCUT2D eigenvalue weighted by molar-refractivity contribution is 6.04. The van der Waals surface area contributed by atoms with E-state index in [1.807, 2.05) is 26.0 Å². The number of para-hydroxylation sites is 1. The molecule has 2 aromatic carbocycles. The van der Waals surface area contributed by atoms with E-state index in [-0.39, 0.29) is 30.6 Å². The third-order valence-corrected chi connectivity index (χ3v) is 5.75. The van der Waals surface area contributed by atoms with Gasteiger partial charge in [0.05, 0.1) is 17.7 Å². The summed E-state index contributed by atoms with van der Waals surface area (Å²) in [6, 6.07) is 12.5. The fourth-order valence-corrected chi connectivity index (χ4v) is 3.91. The van der Waals surface area contributed by atoms with E-state index in [1.54, 1.807) is 30.3 Å². The van der Waals surface area contributed by atoms with Crippen molar-refractivity contribution in [1.29, 1.82) is 0 Å². The van der Waals surface area contributed by atoms with Gasteiger partial charge in [0.2, 0.25) is 0 Å². The molecule has 0 aromatic heterocycles. The number of aryl methyl sites for hydroxylation is 2. The smallest absolute Gasteiger partial charge is 0.306 e. The number of amides is 2. The molecule has 7 heteroatoms. The Balaban J connectivity index is 1.47. The van der Waals surface area contributed by atoms with Crippen molar-refractivity contribution in [3.8, 4) is 0 Å². The third-order valence-electron chi connectivity index (χ3n) is 5.75. The predicted octanol–water partition coefficient (Wildman–Crippen LogP) is 4.12. The minimum absolute atomic E-state index is 0.00885. The molecule has 0 heterocycles. The zero-order valence-corrected chi connectivity index (χ0v) is 19.1. The van der Waals surface area contributed by atoms with Crippen molar-refractivity contribution in [2.45, 2.75) is 58.4 Å². The number of esters is 1. The highest BCUT2D eigenvalue weighted by Gasteiger charge is 2.20. The highest BCUT2D eigenvalue weighted by Crippen LogP contribution is 2.20. The van der Waals surface area contributed by atoms with Crippen LogP contribution in [0.3, 0.4) is 0 Å². The first kappa shape index (κ1) is 24.2. The van der Waals surface area contributed by atoms with Gasteiger partial charge in [-0.15, -0.1) is 0 Å². The fourth-order valence-electron chi connectivity index (χ4n) is 3.91. The number of rotatable bonds is 9. The van der Waals surface area contributed by atoms with Gasteiger partial charge in [0, 0.05) is 18.0 Å². The Morgan fingerprint density at radius 1 is 0.939 bits per heavy atom. The second-order valence-electron chi connectivity index (χ2n) is 8.45. The Hall–Kier alpha value is -3.48. The van der Waals surface area contributed by atoms with Crippen LogP contribution in [-0.2, 0) is 14.3 Å². The maximum absolute atomic E-state index is 12.6. The summed E-state index contributed by atoms with van der Waals surface area (Å²) < 4.78 is 5.02. The molecule has 174 valence electrons. The van der Waals surface area contributed by atoms with E-state index in [1.165, 1.54) is 0 Å². The molecule has 0 saturated heterocycles. The molecule has 0 spiro atoms. The zero-order valence-electron chi connectivity index (χ0n) is 19.1. The molecule has 3 rings (SSSR count). The lowest BCUT2D eigenvalue weighted by Gasteiger charge is -2.15. The number of nitrogens with one attached hydrogen (secondary N) is 2. The fraction of sp³-hybridized carbons (Fsp3) is 0.385. The van der Waals surface area contributed by atoms with Gasteiger partial charge in [0.1, 0.15) is 0 Å². The summed E-state index contributed by atoms with van der Waals surface area (Å²) in [5.41, 5.74) is 3.14. The van der Waals surface area contributed by atoms with E-state index in [4.69, 9.17) is 4.74 Å². The average molecular weight is 451 g/mol. The number of carbonyl (C=O) groups is 4. The number of anilines is 1. The first-order valence-electron chi connectivity index (χ1n) is 11.3. The molecule has 1 saturated carbocycles. The van der Waals surface area contributed by atoms with E-state index < -0.39 is 18.5 Å². The molecule has 2 amide bonds. The van der Waals surface area contributed by atoms with E-state index >= 15 is 0 Å². The third kappa shape index (κ3) is 7.00. The first-order valence-corrected chi connectivity index (χ1v) is 11.3. The van der Waals surface area contributed by atoms with Gasteiger partial charge < -0.3 is 15.4 Å². The Morgan fingerprint density at radius 3 is 2.42 bits per heavy atom. The summed E-state index contributed by atoms with van der Waals surface area (Å²) in [5, 5.41) is 5.63. The van der Waals surface area contributed by atoms with Crippen LogP contribution in [0.25, 0.3) is 0 Å². The Kier molecular flexibility index (Phi) is 8.35. The number of hydrogen-bond acceptors (Lipinski definition) is 5. The van der Waals surface area contributed by atoms with Crippen molar-refractivity contribution in [2.75, 3.05) is 11.9 Å². The van der Waals surface area contributed by atoms with Crippen LogP contribution in [0.15, 0.2) is 42.5 Å². The SMILES string of the molecule is Cc1ccc(C)c(C(=O)CCC(=O)OCC(=O)Nc2ccccc2C(=O)NC2CCCC2)c1. The van der Waals surface area contributed by atoms with Gasteiger partial charge in [-0.2, -0.15) is 0 Å². The summed E-state index contributed by atoms with van der Waals surface area (Å²) >= 11 is 0. The van der Waals surface area contributed by atoms with Gasteiger partial charge in [-0.1, -0.05) is 42.7 Å². The summed E-state index contributed by atoms with van der Waals surface area (Å²) in [6.45, 7) is 3.26. The molecule has 0 aliphatic heterocycles. The van der Waals surface area contributed by atoms with Gasteiger partial charge in [0.25, 0.3) is 11.8 Å². The number of carbonyl (C=O) groups excluding carboxylic acids is 4. The van der Waals surface area contributed by atoms with Crippen molar-refractivity contribution in [2.24, 2.45) is 0 Å². The molecule has 1 fully saturated rings. The van der Waals surface area contributed by atoms with Gasteiger partial charge in [-0.3, -0.25) is 19.2 Å². The monoisotopic (exact) mass is 450 g/mol. The molecule has 0 atom stereocenters. The summed E-state index contributed by atoms with van der Waals surface area (Å²) in [4.78, 5) is 49.3. The molecule has 7 nitrogen and oxygen atoms in total. The van der Waals surface area contributed by atoms with Crippen molar-refractivity contribution >= 4 is 29.3 Å². The first-order chi connectivity index (χ1) is 15.8. The number of Topliss-reactive ketones (excluding diaryl/α,β-unsaturated/α-hetero) is 1. The lowest BCUT2D eigenvalue weighted by Crippen LogP contribution is -2.33. The summed E-state index contributed by atoms with van der Waals surface area (Å²) in [7, 11) is 0. The lowest BCUT2D eigenvalue weighted by atomic mass is 9.99. The average Bonchev–Trinajstić information content (AvgIpc) is 3.31. The van der Waals surface area contributed by atoms with Crippen LogP contribution in [-0.4, -0.2) is 36.2 Å². The van der Waals surface area contributed by atoms with E-state index in [0.717, 1.165) is 36.8 Å². The van der Waals surface area contributed by atoms with Crippen molar-refractivity contribution < 1.29 is 23.9 Å². The molecular weight excluding hydrogens is 420 g/mol. The molecule has 1 aliphatic rings.